The van der Waals surface area contributed by atoms with Crippen LogP contribution in [-0.4, -0.2) is 47.4 Å². The predicted octanol–water partition coefficient (Wildman–Crippen LogP) is 17.5. The molecule has 0 saturated carbocycles. The summed E-state index contributed by atoms with van der Waals surface area (Å²) in [6.07, 6.45) is 64.5. The average molecular weight is 903 g/mol. The molecule has 0 aliphatic carbocycles. The summed E-state index contributed by atoms with van der Waals surface area (Å²) in [6.45, 7) is 4.91. The lowest BCUT2D eigenvalue weighted by atomic mass is 10.0. The SMILES string of the molecule is CCCCCCCCCCCCCCCCCCCCCCCC(O)C(CO)NC(=O)CCCCCCCC/C=C\C=C/CCCCCOC(=O)CCCCCCCCCCCCC. The van der Waals surface area contributed by atoms with E-state index in [0.717, 1.165) is 77.0 Å². The fourth-order valence-corrected chi connectivity index (χ4v) is 8.87. The molecule has 2 atom stereocenters. The van der Waals surface area contributed by atoms with E-state index in [1.54, 1.807) is 0 Å². The molecule has 0 saturated heterocycles. The Kier molecular flexibility index (Phi) is 52.6. The fraction of sp³-hybridized carbons (Fsp3) is 0.897. The lowest BCUT2D eigenvalue weighted by Gasteiger charge is -2.22. The zero-order valence-electron chi connectivity index (χ0n) is 43.0. The molecule has 0 rings (SSSR count). The second-order valence-electron chi connectivity index (χ2n) is 19.7. The number of nitrogens with one attached hydrogen (secondary N) is 1. The summed E-state index contributed by atoms with van der Waals surface area (Å²) >= 11 is 0. The van der Waals surface area contributed by atoms with E-state index in [-0.39, 0.29) is 18.5 Å². The number of aliphatic hydroxyl groups excluding tert-OH is 2. The van der Waals surface area contributed by atoms with E-state index < -0.39 is 12.1 Å². The third-order valence-electron chi connectivity index (χ3n) is 13.3. The molecule has 378 valence electrons. The van der Waals surface area contributed by atoms with Crippen LogP contribution in [-0.2, 0) is 14.3 Å². The quantitative estimate of drug-likeness (QED) is 0.0321. The van der Waals surface area contributed by atoms with Gasteiger partial charge in [-0.2, -0.15) is 0 Å². The molecule has 2 unspecified atom stereocenters. The summed E-state index contributed by atoms with van der Waals surface area (Å²) in [7, 11) is 0. The van der Waals surface area contributed by atoms with Gasteiger partial charge in [0.25, 0.3) is 0 Å². The number of carbonyl (C=O) groups excluding carboxylic acids is 2. The maximum atomic E-state index is 12.5. The van der Waals surface area contributed by atoms with Gasteiger partial charge in [-0.1, -0.05) is 263 Å². The first kappa shape index (κ1) is 62.3. The van der Waals surface area contributed by atoms with Crippen molar-refractivity contribution in [2.24, 2.45) is 0 Å². The third kappa shape index (κ3) is 49.8. The van der Waals surface area contributed by atoms with Gasteiger partial charge in [-0.25, -0.2) is 0 Å². The van der Waals surface area contributed by atoms with Gasteiger partial charge < -0.3 is 20.3 Å². The van der Waals surface area contributed by atoms with E-state index in [1.807, 2.05) is 0 Å². The minimum Gasteiger partial charge on any atom is -0.466 e. The molecule has 0 bridgehead atoms. The minimum atomic E-state index is -0.679. The van der Waals surface area contributed by atoms with Gasteiger partial charge in [0.05, 0.1) is 25.4 Å². The monoisotopic (exact) mass is 902 g/mol. The van der Waals surface area contributed by atoms with E-state index >= 15 is 0 Å². The molecule has 0 aromatic heterocycles. The maximum Gasteiger partial charge on any atom is 0.305 e. The standard InChI is InChI=1S/C58H111NO5/c1-3-5-7-9-11-13-15-16-17-18-19-20-21-22-24-27-31-34-38-42-46-50-56(61)55(54-60)59-57(62)51-47-43-39-35-32-28-25-23-26-29-33-37-41-45-49-53-64-58(63)52-48-44-40-36-30-14-12-10-8-6-4-2/h23,26,29,33,55-56,60-61H,3-22,24-25,27-28,30-32,34-54H2,1-2H3,(H,59,62)/b26-23-,33-29-. The first-order valence-electron chi connectivity index (χ1n) is 28.6. The molecule has 64 heavy (non-hydrogen) atoms. The van der Waals surface area contributed by atoms with Crippen LogP contribution in [0.3, 0.4) is 0 Å². The van der Waals surface area contributed by atoms with Gasteiger partial charge in [0.2, 0.25) is 5.91 Å². The van der Waals surface area contributed by atoms with Crippen molar-refractivity contribution in [3.05, 3.63) is 24.3 Å². The van der Waals surface area contributed by atoms with Crippen LogP contribution < -0.4 is 5.32 Å². The van der Waals surface area contributed by atoms with E-state index in [2.05, 4.69) is 43.5 Å². The Bertz CT molecular complexity index is 997. The molecule has 0 radical (unpaired) electrons. The number of amides is 1. The maximum absolute atomic E-state index is 12.5. The fourth-order valence-electron chi connectivity index (χ4n) is 8.87. The number of hydrogen-bond donors (Lipinski definition) is 3. The van der Waals surface area contributed by atoms with Crippen LogP contribution in [0, 0.1) is 0 Å². The van der Waals surface area contributed by atoms with Crippen molar-refractivity contribution in [2.75, 3.05) is 13.2 Å². The highest BCUT2D eigenvalue weighted by atomic mass is 16.5. The number of esters is 1. The summed E-state index contributed by atoms with van der Waals surface area (Å²) in [4.78, 5) is 24.5. The predicted molar refractivity (Wildman–Crippen MR) is 278 cm³/mol. The molecule has 0 heterocycles. The number of allylic oxidation sites excluding steroid dienone is 4. The molecule has 1 amide bonds. The molecular formula is C58H111NO5. The van der Waals surface area contributed by atoms with Gasteiger partial charge >= 0.3 is 5.97 Å². The molecule has 0 aromatic carbocycles. The summed E-state index contributed by atoms with van der Waals surface area (Å²) < 4.78 is 5.43. The van der Waals surface area contributed by atoms with Crippen LogP contribution in [0.1, 0.15) is 309 Å². The van der Waals surface area contributed by atoms with E-state index in [9.17, 15) is 19.8 Å². The van der Waals surface area contributed by atoms with Crippen molar-refractivity contribution in [1.82, 2.24) is 5.32 Å². The zero-order valence-corrected chi connectivity index (χ0v) is 43.0. The molecule has 6 heteroatoms. The first-order valence-corrected chi connectivity index (χ1v) is 28.6. The second kappa shape index (κ2) is 54.0. The van der Waals surface area contributed by atoms with E-state index in [4.69, 9.17) is 4.74 Å². The first-order chi connectivity index (χ1) is 31.5. The van der Waals surface area contributed by atoms with Gasteiger partial charge in [0, 0.05) is 12.8 Å². The summed E-state index contributed by atoms with van der Waals surface area (Å²) in [5.74, 6) is -0.0763. The smallest absolute Gasteiger partial charge is 0.305 e. The van der Waals surface area contributed by atoms with Gasteiger partial charge in [-0.15, -0.1) is 0 Å². The molecular weight excluding hydrogens is 791 g/mol. The highest BCUT2D eigenvalue weighted by Crippen LogP contribution is 2.17. The van der Waals surface area contributed by atoms with Crippen LogP contribution >= 0.6 is 0 Å². The summed E-state index contributed by atoms with van der Waals surface area (Å²) in [6, 6.07) is -0.558. The van der Waals surface area contributed by atoms with Gasteiger partial charge in [0.1, 0.15) is 0 Å². The molecule has 6 nitrogen and oxygen atoms in total. The number of rotatable bonds is 53. The number of aliphatic hydroxyl groups is 2. The Morgan fingerprint density at radius 3 is 1.16 bits per heavy atom. The Hall–Kier alpha value is -1.66. The van der Waals surface area contributed by atoms with Crippen molar-refractivity contribution >= 4 is 11.9 Å². The Labute approximate surface area is 399 Å². The zero-order chi connectivity index (χ0) is 46.5. The van der Waals surface area contributed by atoms with E-state index in [0.29, 0.717) is 25.9 Å². The van der Waals surface area contributed by atoms with Crippen LogP contribution in [0.5, 0.6) is 0 Å². The minimum absolute atomic E-state index is 0.0215. The van der Waals surface area contributed by atoms with E-state index in [1.165, 1.54) is 199 Å². The lowest BCUT2D eigenvalue weighted by Crippen LogP contribution is -2.45. The normalized spacial score (nSPS) is 12.8. The van der Waals surface area contributed by atoms with Crippen molar-refractivity contribution in [3.8, 4) is 0 Å². The van der Waals surface area contributed by atoms with Crippen molar-refractivity contribution in [3.63, 3.8) is 0 Å². The van der Waals surface area contributed by atoms with Gasteiger partial charge in [-0.05, 0) is 57.8 Å². The molecule has 0 aromatic rings. The Balaban J connectivity index is 3.51. The molecule has 0 aliphatic rings. The van der Waals surface area contributed by atoms with Crippen LogP contribution in [0.25, 0.3) is 0 Å². The van der Waals surface area contributed by atoms with Crippen LogP contribution in [0.4, 0.5) is 0 Å². The summed E-state index contributed by atoms with van der Waals surface area (Å²) in [5, 5.41) is 23.3. The number of ether oxygens (including phenoxy) is 1. The molecule has 0 spiro atoms. The molecule has 0 fully saturated rings. The number of hydrogen-bond acceptors (Lipinski definition) is 5. The second-order valence-corrected chi connectivity index (χ2v) is 19.7. The average Bonchev–Trinajstić information content (AvgIpc) is 3.29. The molecule has 0 aliphatic heterocycles. The van der Waals surface area contributed by atoms with Crippen molar-refractivity contribution < 1.29 is 24.5 Å². The van der Waals surface area contributed by atoms with Crippen LogP contribution in [0.15, 0.2) is 24.3 Å². The van der Waals surface area contributed by atoms with Crippen LogP contribution in [0.2, 0.25) is 0 Å². The number of unbranched alkanes of at least 4 members (excludes halogenated alkanes) is 39. The highest BCUT2D eigenvalue weighted by Gasteiger charge is 2.20. The molecule has 3 N–H and O–H groups in total. The van der Waals surface area contributed by atoms with Crippen molar-refractivity contribution in [1.29, 1.82) is 0 Å². The highest BCUT2D eigenvalue weighted by molar-refractivity contribution is 5.76. The number of carbonyl (C=O) groups is 2. The Morgan fingerprint density at radius 2 is 0.766 bits per heavy atom. The topological polar surface area (TPSA) is 95.9 Å². The van der Waals surface area contributed by atoms with Gasteiger partial charge in [-0.3, -0.25) is 9.59 Å². The summed E-state index contributed by atoms with van der Waals surface area (Å²) in [5.41, 5.74) is 0. The lowest BCUT2D eigenvalue weighted by molar-refractivity contribution is -0.143. The van der Waals surface area contributed by atoms with Gasteiger partial charge in [0.15, 0.2) is 0 Å². The van der Waals surface area contributed by atoms with Crippen molar-refractivity contribution in [2.45, 2.75) is 321 Å². The third-order valence-corrected chi connectivity index (χ3v) is 13.3. The largest absolute Gasteiger partial charge is 0.466 e. The Morgan fingerprint density at radius 1 is 0.438 bits per heavy atom.